The lowest BCUT2D eigenvalue weighted by Gasteiger charge is -2.07. The monoisotopic (exact) mass is 372 g/mol. The van der Waals surface area contributed by atoms with Crippen molar-refractivity contribution < 1.29 is 4.79 Å². The van der Waals surface area contributed by atoms with Crippen LogP contribution in [-0.2, 0) is 17.9 Å². The van der Waals surface area contributed by atoms with Crippen LogP contribution >= 0.6 is 11.6 Å². The van der Waals surface area contributed by atoms with E-state index in [2.05, 4.69) is 15.3 Å². The maximum atomic E-state index is 12.4. The minimum absolute atomic E-state index is 0.156. The van der Waals surface area contributed by atoms with Crippen LogP contribution in [-0.4, -0.2) is 20.4 Å². The summed E-state index contributed by atoms with van der Waals surface area (Å²) < 4.78 is 1.10. The molecule has 0 unspecified atom stereocenters. The Balaban J connectivity index is 1.61. The van der Waals surface area contributed by atoms with E-state index in [1.54, 1.807) is 24.4 Å². The van der Waals surface area contributed by atoms with E-state index in [4.69, 9.17) is 11.6 Å². The normalized spacial score (nSPS) is 10.8. The van der Waals surface area contributed by atoms with Crippen molar-refractivity contribution in [3.05, 3.63) is 74.1 Å². The summed E-state index contributed by atoms with van der Waals surface area (Å²) in [6, 6.07) is 10.2. The van der Waals surface area contributed by atoms with E-state index in [0.29, 0.717) is 28.9 Å². The lowest BCUT2D eigenvalue weighted by molar-refractivity contribution is -0.121. The highest BCUT2D eigenvalue weighted by Gasteiger charge is 2.09. The minimum atomic E-state index is -0.515. The number of H-pyrrole nitrogens is 1. The molecule has 0 aliphatic carbocycles. The van der Waals surface area contributed by atoms with E-state index in [0.717, 1.165) is 10.3 Å². The Hall–Kier alpha value is -2.93. The molecule has 0 saturated heterocycles. The Bertz CT molecular complexity index is 1040. The van der Waals surface area contributed by atoms with Gasteiger partial charge in [0.1, 0.15) is 0 Å². The molecule has 2 heterocycles. The molecule has 0 saturated carbocycles. The van der Waals surface area contributed by atoms with Crippen molar-refractivity contribution in [2.75, 3.05) is 0 Å². The molecule has 8 heteroatoms. The van der Waals surface area contributed by atoms with E-state index in [1.165, 1.54) is 6.07 Å². The summed E-state index contributed by atoms with van der Waals surface area (Å²) in [5, 5.41) is 3.58. The number of hydrogen-bond acceptors (Lipinski definition) is 4. The lowest BCUT2D eigenvalue weighted by atomic mass is 10.2. The molecule has 0 radical (unpaired) electrons. The molecule has 0 fully saturated rings. The number of fused-ring (bicyclic) bond motifs is 1. The van der Waals surface area contributed by atoms with Gasteiger partial charge in [-0.3, -0.25) is 19.1 Å². The zero-order chi connectivity index (χ0) is 18.5. The first-order valence-electron chi connectivity index (χ1n) is 8.13. The van der Waals surface area contributed by atoms with E-state index >= 15 is 0 Å². The number of aromatic amines is 1. The van der Waals surface area contributed by atoms with Gasteiger partial charge in [0.2, 0.25) is 5.91 Å². The summed E-state index contributed by atoms with van der Waals surface area (Å²) in [4.78, 5) is 43.2. The van der Waals surface area contributed by atoms with Crippen LogP contribution < -0.4 is 16.6 Å². The maximum Gasteiger partial charge on any atom is 0.328 e. The molecule has 2 aromatic heterocycles. The van der Waals surface area contributed by atoms with Gasteiger partial charge in [0.05, 0.1) is 23.1 Å². The van der Waals surface area contributed by atoms with E-state index in [9.17, 15) is 14.4 Å². The first-order valence-corrected chi connectivity index (χ1v) is 8.51. The van der Waals surface area contributed by atoms with Gasteiger partial charge in [-0.2, -0.15) is 0 Å². The number of carbonyl (C=O) groups excluding carboxylic acids is 1. The number of hydrogen-bond donors (Lipinski definition) is 2. The zero-order valence-corrected chi connectivity index (χ0v) is 14.6. The van der Waals surface area contributed by atoms with Crippen molar-refractivity contribution in [2.24, 2.45) is 0 Å². The molecule has 2 N–H and O–H groups in total. The molecule has 0 aliphatic heterocycles. The number of carbonyl (C=O) groups is 1. The number of amides is 1. The molecule has 0 spiro atoms. The van der Waals surface area contributed by atoms with Gasteiger partial charge in [-0.1, -0.05) is 17.7 Å². The first kappa shape index (κ1) is 17.9. The molecule has 0 atom stereocenters. The standard InChI is InChI=1S/C18H17ClN4O3/c19-12-6-7-14-15(10-12)22-18(26)23(17(14)25)9-3-5-16(24)21-11-13-4-1-2-8-20-13/h1-2,4,6-8,10H,3,5,9,11H2,(H,21,24)(H,22,26). The van der Waals surface area contributed by atoms with E-state index in [-0.39, 0.29) is 18.9 Å². The van der Waals surface area contributed by atoms with Crippen molar-refractivity contribution in [1.82, 2.24) is 19.9 Å². The SMILES string of the molecule is O=C(CCCn1c(=O)[nH]c2cc(Cl)ccc2c1=O)NCc1ccccn1. The molecular formula is C18H17ClN4O3. The summed E-state index contributed by atoms with van der Waals surface area (Å²) >= 11 is 5.88. The second-order valence-corrected chi connectivity index (χ2v) is 6.21. The van der Waals surface area contributed by atoms with Crippen molar-refractivity contribution >= 4 is 28.4 Å². The fraction of sp³-hybridized carbons (Fsp3) is 0.222. The highest BCUT2D eigenvalue weighted by atomic mass is 35.5. The van der Waals surface area contributed by atoms with E-state index < -0.39 is 11.2 Å². The molecule has 0 aliphatic rings. The Labute approximate surface area is 153 Å². The second-order valence-electron chi connectivity index (χ2n) is 5.78. The predicted octanol–water partition coefficient (Wildman–Crippen LogP) is 1.83. The zero-order valence-electron chi connectivity index (χ0n) is 13.9. The molecule has 3 rings (SSSR count). The van der Waals surface area contributed by atoms with Gasteiger partial charge < -0.3 is 10.3 Å². The summed E-state index contributed by atoms with van der Waals surface area (Å²) in [6.07, 6.45) is 2.24. The third-order valence-corrected chi connectivity index (χ3v) is 4.16. The number of benzene rings is 1. The summed E-state index contributed by atoms with van der Waals surface area (Å²) in [6.45, 7) is 0.501. The number of pyridine rings is 1. The highest BCUT2D eigenvalue weighted by Crippen LogP contribution is 2.13. The van der Waals surface area contributed by atoms with Gasteiger partial charge in [-0.15, -0.1) is 0 Å². The third kappa shape index (κ3) is 4.18. The molecule has 1 aromatic carbocycles. The fourth-order valence-corrected chi connectivity index (χ4v) is 2.78. The van der Waals surface area contributed by atoms with Crippen LogP contribution in [0.2, 0.25) is 5.02 Å². The average Bonchev–Trinajstić information content (AvgIpc) is 2.63. The Morgan fingerprint density at radius 1 is 1.23 bits per heavy atom. The maximum absolute atomic E-state index is 12.4. The van der Waals surface area contributed by atoms with Crippen LogP contribution in [0.4, 0.5) is 0 Å². The average molecular weight is 373 g/mol. The molecule has 7 nitrogen and oxygen atoms in total. The highest BCUT2D eigenvalue weighted by molar-refractivity contribution is 6.31. The van der Waals surface area contributed by atoms with Gasteiger partial charge in [0.15, 0.2) is 0 Å². The van der Waals surface area contributed by atoms with Gasteiger partial charge in [-0.05, 0) is 36.8 Å². The van der Waals surface area contributed by atoms with Crippen LogP contribution in [0.3, 0.4) is 0 Å². The molecule has 26 heavy (non-hydrogen) atoms. The van der Waals surface area contributed by atoms with Crippen LogP contribution in [0.5, 0.6) is 0 Å². The smallest absolute Gasteiger partial charge is 0.328 e. The number of halogens is 1. The Morgan fingerprint density at radius 3 is 2.85 bits per heavy atom. The largest absolute Gasteiger partial charge is 0.350 e. The number of rotatable bonds is 6. The summed E-state index contributed by atoms with van der Waals surface area (Å²) in [7, 11) is 0. The third-order valence-electron chi connectivity index (χ3n) is 3.92. The van der Waals surface area contributed by atoms with Gasteiger partial charge in [-0.25, -0.2) is 4.79 Å². The topological polar surface area (TPSA) is 96.9 Å². The van der Waals surface area contributed by atoms with Crippen LogP contribution in [0.25, 0.3) is 10.9 Å². The van der Waals surface area contributed by atoms with Gasteiger partial charge in [0.25, 0.3) is 5.56 Å². The van der Waals surface area contributed by atoms with Crippen molar-refractivity contribution in [2.45, 2.75) is 25.9 Å². The van der Waals surface area contributed by atoms with Gasteiger partial charge in [0, 0.05) is 24.2 Å². The number of nitrogens with zero attached hydrogens (tertiary/aromatic N) is 2. The van der Waals surface area contributed by atoms with Crippen molar-refractivity contribution in [3.63, 3.8) is 0 Å². The minimum Gasteiger partial charge on any atom is -0.350 e. The lowest BCUT2D eigenvalue weighted by Crippen LogP contribution is -2.35. The van der Waals surface area contributed by atoms with Crippen molar-refractivity contribution in [1.29, 1.82) is 0 Å². The van der Waals surface area contributed by atoms with Crippen LogP contribution in [0.1, 0.15) is 18.5 Å². The van der Waals surface area contributed by atoms with Crippen LogP contribution in [0.15, 0.2) is 52.2 Å². The molecule has 0 bridgehead atoms. The Kier molecular flexibility index (Phi) is 5.48. The van der Waals surface area contributed by atoms with Crippen LogP contribution in [0, 0.1) is 0 Å². The fourth-order valence-electron chi connectivity index (χ4n) is 2.61. The summed E-state index contributed by atoms with van der Waals surface area (Å²) in [5.41, 5.74) is 0.256. The predicted molar refractivity (Wildman–Crippen MR) is 99.2 cm³/mol. The molecule has 134 valence electrons. The Morgan fingerprint density at radius 2 is 2.08 bits per heavy atom. The molecule has 3 aromatic rings. The molecular weight excluding hydrogens is 356 g/mol. The first-order chi connectivity index (χ1) is 12.5. The van der Waals surface area contributed by atoms with Gasteiger partial charge >= 0.3 is 5.69 Å². The van der Waals surface area contributed by atoms with Crippen molar-refractivity contribution in [3.8, 4) is 0 Å². The summed E-state index contributed by atoms with van der Waals surface area (Å²) in [5.74, 6) is -0.160. The number of nitrogens with one attached hydrogen (secondary N) is 2. The molecule has 1 amide bonds. The second kappa shape index (κ2) is 7.97. The number of aromatic nitrogens is 3. The van der Waals surface area contributed by atoms with E-state index in [1.807, 2.05) is 12.1 Å². The quantitative estimate of drug-likeness (QED) is 0.689.